The fourth-order valence-electron chi connectivity index (χ4n) is 4.93. The molecule has 3 N–H and O–H groups in total. The van der Waals surface area contributed by atoms with Gasteiger partial charge in [-0.1, -0.05) is 81.1 Å². The first-order chi connectivity index (χ1) is 16.0. The zero-order valence-electron chi connectivity index (χ0n) is 19.9. The van der Waals surface area contributed by atoms with Gasteiger partial charge in [0.15, 0.2) is 5.78 Å². The smallest absolute Gasteiger partial charge is 0.166 e. The number of Topliss-reactive ketones (excluding diaryl/α,β-unsaturated/α-hetero) is 1. The molecule has 1 aliphatic carbocycles. The van der Waals surface area contributed by atoms with Gasteiger partial charge in [0.2, 0.25) is 0 Å². The van der Waals surface area contributed by atoms with Gasteiger partial charge in [0.25, 0.3) is 0 Å². The van der Waals surface area contributed by atoms with Crippen LogP contribution in [0.4, 0.5) is 5.69 Å². The summed E-state index contributed by atoms with van der Waals surface area (Å²) in [7, 11) is 0. The van der Waals surface area contributed by atoms with E-state index in [2.05, 4.69) is 30.0 Å². The van der Waals surface area contributed by atoms with Crippen LogP contribution in [0.15, 0.2) is 59.6 Å². The SMILES string of the molecule is CCCCC(O)C(CC1CC1)C(=O)C1N=C(C)c2ccccc2N(Cc2ccccc2)C1N. The molecule has 0 radical (unpaired) electrons. The number of aliphatic imine (C=N–C) groups is 1. The molecule has 33 heavy (non-hydrogen) atoms. The summed E-state index contributed by atoms with van der Waals surface area (Å²) >= 11 is 0. The Bertz CT molecular complexity index is 970. The van der Waals surface area contributed by atoms with Crippen molar-refractivity contribution in [2.75, 3.05) is 4.90 Å². The van der Waals surface area contributed by atoms with E-state index in [-0.39, 0.29) is 5.78 Å². The van der Waals surface area contributed by atoms with Crippen molar-refractivity contribution in [1.82, 2.24) is 0 Å². The first kappa shape index (κ1) is 23.7. The molecule has 0 aromatic heterocycles. The highest BCUT2D eigenvalue weighted by Crippen LogP contribution is 2.38. The fraction of sp³-hybridized carbons (Fsp3) is 0.500. The Morgan fingerprint density at radius 3 is 2.55 bits per heavy atom. The number of rotatable bonds is 10. The monoisotopic (exact) mass is 447 g/mol. The molecular formula is C28H37N3O2. The number of anilines is 1. The van der Waals surface area contributed by atoms with Gasteiger partial charge in [0, 0.05) is 29.4 Å². The van der Waals surface area contributed by atoms with Gasteiger partial charge in [0.1, 0.15) is 12.2 Å². The topological polar surface area (TPSA) is 78.9 Å². The number of carbonyl (C=O) groups is 1. The second-order valence-corrected chi connectivity index (χ2v) is 9.68. The highest BCUT2D eigenvalue weighted by atomic mass is 16.3. The largest absolute Gasteiger partial charge is 0.392 e. The van der Waals surface area contributed by atoms with Crippen molar-refractivity contribution in [2.45, 2.75) is 77.2 Å². The number of carbonyl (C=O) groups excluding carboxylic acids is 1. The quantitative estimate of drug-likeness (QED) is 0.553. The molecule has 0 amide bonds. The van der Waals surface area contributed by atoms with E-state index in [1.165, 1.54) is 0 Å². The van der Waals surface area contributed by atoms with E-state index in [4.69, 9.17) is 10.7 Å². The van der Waals surface area contributed by atoms with E-state index in [1.807, 2.05) is 43.3 Å². The number of benzene rings is 2. The van der Waals surface area contributed by atoms with E-state index < -0.39 is 24.2 Å². The number of aliphatic hydroxyl groups excluding tert-OH is 1. The fourth-order valence-corrected chi connectivity index (χ4v) is 4.93. The van der Waals surface area contributed by atoms with Crippen LogP contribution in [0, 0.1) is 11.8 Å². The number of nitrogens with two attached hydrogens (primary N) is 1. The first-order valence-electron chi connectivity index (χ1n) is 12.4. The van der Waals surface area contributed by atoms with Gasteiger partial charge in [0.05, 0.1) is 6.10 Å². The lowest BCUT2D eigenvalue weighted by molar-refractivity contribution is -0.128. The molecule has 0 bridgehead atoms. The number of hydrogen-bond donors (Lipinski definition) is 2. The number of aliphatic hydroxyl groups is 1. The van der Waals surface area contributed by atoms with Crippen LogP contribution in [-0.4, -0.2) is 34.9 Å². The van der Waals surface area contributed by atoms with E-state index in [0.29, 0.717) is 18.9 Å². The summed E-state index contributed by atoms with van der Waals surface area (Å²) in [5.41, 5.74) is 10.8. The van der Waals surface area contributed by atoms with Crippen LogP contribution in [0.5, 0.6) is 0 Å². The minimum absolute atomic E-state index is 0.0109. The molecule has 4 atom stereocenters. The van der Waals surface area contributed by atoms with Crippen molar-refractivity contribution in [3.8, 4) is 0 Å². The number of unbranched alkanes of at least 4 members (excludes halogenated alkanes) is 1. The zero-order chi connectivity index (χ0) is 23.4. The Labute approximate surface area is 197 Å². The average molecular weight is 448 g/mol. The van der Waals surface area contributed by atoms with Crippen molar-refractivity contribution < 1.29 is 9.90 Å². The molecule has 1 aliphatic heterocycles. The minimum Gasteiger partial charge on any atom is -0.392 e. The maximum absolute atomic E-state index is 14.0. The molecule has 5 nitrogen and oxygen atoms in total. The summed E-state index contributed by atoms with van der Waals surface area (Å²) in [6.45, 7) is 4.66. The summed E-state index contributed by atoms with van der Waals surface area (Å²) in [5, 5.41) is 11.0. The van der Waals surface area contributed by atoms with Gasteiger partial charge in [-0.05, 0) is 37.3 Å². The standard InChI is InChI=1S/C28H37N3O2/c1-3-4-14-25(32)23(17-20-15-16-20)27(33)26-28(29)31(18-21-10-6-5-7-11-21)24-13-9-8-12-22(24)19(2)30-26/h5-13,20,23,25-26,28,32H,3-4,14-18,29H2,1-2H3. The zero-order valence-corrected chi connectivity index (χ0v) is 19.9. The number of hydrogen-bond acceptors (Lipinski definition) is 5. The molecule has 1 heterocycles. The van der Waals surface area contributed by atoms with Gasteiger partial charge in [-0.3, -0.25) is 9.79 Å². The lowest BCUT2D eigenvalue weighted by atomic mass is 9.85. The summed E-state index contributed by atoms with van der Waals surface area (Å²) in [5.74, 6) is 0.125. The number of nitrogens with zero attached hydrogens (tertiary/aromatic N) is 2. The Morgan fingerprint density at radius 2 is 1.85 bits per heavy atom. The van der Waals surface area contributed by atoms with Crippen LogP contribution in [-0.2, 0) is 11.3 Å². The van der Waals surface area contributed by atoms with Crippen LogP contribution >= 0.6 is 0 Å². The van der Waals surface area contributed by atoms with E-state index in [9.17, 15) is 9.90 Å². The maximum Gasteiger partial charge on any atom is 0.166 e. The summed E-state index contributed by atoms with van der Waals surface area (Å²) in [4.78, 5) is 21.0. The Balaban J connectivity index is 1.68. The van der Waals surface area contributed by atoms with Gasteiger partial charge in [-0.15, -0.1) is 0 Å². The summed E-state index contributed by atoms with van der Waals surface area (Å²) in [6, 6.07) is 17.6. The maximum atomic E-state index is 14.0. The molecule has 1 saturated carbocycles. The Hall–Kier alpha value is -2.50. The van der Waals surface area contributed by atoms with Crippen molar-refractivity contribution in [2.24, 2.45) is 22.6 Å². The van der Waals surface area contributed by atoms with Crippen LogP contribution in [0.1, 0.15) is 63.5 Å². The van der Waals surface area contributed by atoms with Crippen LogP contribution < -0.4 is 10.6 Å². The van der Waals surface area contributed by atoms with E-state index in [0.717, 1.165) is 54.6 Å². The minimum atomic E-state index is -0.707. The summed E-state index contributed by atoms with van der Waals surface area (Å²) < 4.78 is 0. The molecule has 2 aliphatic rings. The Kier molecular flexibility index (Phi) is 7.61. The third-order valence-corrected chi connectivity index (χ3v) is 7.07. The molecule has 2 aromatic carbocycles. The van der Waals surface area contributed by atoms with Crippen molar-refractivity contribution >= 4 is 17.2 Å². The average Bonchev–Trinajstić information content (AvgIpc) is 3.67. The first-order valence-corrected chi connectivity index (χ1v) is 12.4. The molecule has 5 heteroatoms. The summed E-state index contributed by atoms with van der Waals surface area (Å²) in [6.07, 6.45) is 4.38. The highest BCUT2D eigenvalue weighted by Gasteiger charge is 2.41. The van der Waals surface area contributed by atoms with Crippen LogP contribution in [0.3, 0.4) is 0 Å². The number of para-hydroxylation sites is 1. The van der Waals surface area contributed by atoms with Crippen molar-refractivity contribution in [3.05, 3.63) is 65.7 Å². The van der Waals surface area contributed by atoms with Gasteiger partial charge in [-0.2, -0.15) is 0 Å². The molecule has 4 rings (SSSR count). The van der Waals surface area contributed by atoms with E-state index in [1.54, 1.807) is 0 Å². The second-order valence-electron chi connectivity index (χ2n) is 9.68. The predicted molar refractivity (Wildman–Crippen MR) is 134 cm³/mol. The van der Waals surface area contributed by atoms with Crippen LogP contribution in [0.2, 0.25) is 0 Å². The lowest BCUT2D eigenvalue weighted by Gasteiger charge is -2.35. The molecule has 1 fully saturated rings. The van der Waals surface area contributed by atoms with Gasteiger partial charge < -0.3 is 15.7 Å². The lowest BCUT2D eigenvalue weighted by Crippen LogP contribution is -2.54. The van der Waals surface area contributed by atoms with Crippen molar-refractivity contribution in [3.63, 3.8) is 0 Å². The van der Waals surface area contributed by atoms with Crippen LogP contribution in [0.25, 0.3) is 0 Å². The third kappa shape index (κ3) is 5.53. The van der Waals surface area contributed by atoms with Crippen molar-refractivity contribution in [1.29, 1.82) is 0 Å². The Morgan fingerprint density at radius 1 is 1.15 bits per heavy atom. The molecule has 0 saturated heterocycles. The highest BCUT2D eigenvalue weighted by molar-refractivity contribution is 6.06. The van der Waals surface area contributed by atoms with E-state index >= 15 is 0 Å². The molecule has 0 spiro atoms. The molecular weight excluding hydrogens is 410 g/mol. The third-order valence-electron chi connectivity index (χ3n) is 7.07. The van der Waals surface area contributed by atoms with Gasteiger partial charge >= 0.3 is 0 Å². The normalized spacial score (nSPS) is 22.2. The number of ketones is 1. The second kappa shape index (κ2) is 10.6. The molecule has 4 unspecified atom stereocenters. The predicted octanol–water partition coefficient (Wildman–Crippen LogP) is 4.71. The number of fused-ring (bicyclic) bond motifs is 1. The number of benzodiazepines with no additional fused rings is 1. The van der Waals surface area contributed by atoms with Gasteiger partial charge in [-0.25, -0.2) is 0 Å². The molecule has 2 aromatic rings. The molecule has 176 valence electrons.